The molecule has 126 valence electrons. The molecule has 0 aliphatic carbocycles. The van der Waals surface area contributed by atoms with Crippen molar-refractivity contribution in [1.29, 1.82) is 0 Å². The van der Waals surface area contributed by atoms with Gasteiger partial charge in [-0.1, -0.05) is 78.4 Å². The number of hydrogen-bond acceptors (Lipinski definition) is 1. The third-order valence-corrected chi connectivity index (χ3v) is 4.02. The second kappa shape index (κ2) is 8.15. The topological polar surface area (TPSA) is 32.3 Å². The third kappa shape index (κ3) is 4.95. The Hall–Kier alpha value is -3.07. The molecule has 3 aromatic rings. The van der Waals surface area contributed by atoms with Gasteiger partial charge in [0.1, 0.15) is 0 Å². The number of aryl methyl sites for hydroxylation is 1. The molecule has 0 radical (unpaired) electrons. The summed E-state index contributed by atoms with van der Waals surface area (Å²) >= 11 is 0. The lowest BCUT2D eigenvalue weighted by atomic mass is 10.2. The van der Waals surface area contributed by atoms with E-state index in [-0.39, 0.29) is 6.03 Å². The van der Waals surface area contributed by atoms with Crippen molar-refractivity contribution in [3.63, 3.8) is 0 Å². The molecule has 2 amide bonds. The molecule has 0 saturated heterocycles. The van der Waals surface area contributed by atoms with E-state index >= 15 is 0 Å². The van der Waals surface area contributed by atoms with Crippen molar-refractivity contribution in [2.24, 2.45) is 0 Å². The van der Waals surface area contributed by atoms with Crippen LogP contribution in [0.4, 0.5) is 10.5 Å². The second-order valence-corrected chi connectivity index (χ2v) is 6.12. The number of carbonyl (C=O) groups is 1. The predicted octanol–water partition coefficient (Wildman–Crippen LogP) is 5.23. The maximum absolute atomic E-state index is 12.8. The largest absolute Gasteiger partial charge is 0.322 e. The smallest absolute Gasteiger partial charge is 0.316 e. The van der Waals surface area contributed by atoms with E-state index < -0.39 is 0 Å². The average Bonchev–Trinajstić information content (AvgIpc) is 2.65. The van der Waals surface area contributed by atoms with Crippen LogP contribution in [0.5, 0.6) is 0 Å². The Morgan fingerprint density at radius 3 is 1.72 bits per heavy atom. The van der Waals surface area contributed by atoms with E-state index in [1.807, 2.05) is 96.8 Å². The lowest BCUT2D eigenvalue weighted by Gasteiger charge is -2.23. The fourth-order valence-corrected chi connectivity index (χ4v) is 2.65. The van der Waals surface area contributed by atoms with Crippen LogP contribution in [-0.4, -0.2) is 10.9 Å². The van der Waals surface area contributed by atoms with Crippen LogP contribution >= 0.6 is 0 Å². The number of hydrogen-bond donors (Lipinski definition) is 1. The Bertz CT molecular complexity index is 757. The highest BCUT2D eigenvalue weighted by Crippen LogP contribution is 2.14. The van der Waals surface area contributed by atoms with Crippen molar-refractivity contribution in [3.05, 3.63) is 102 Å². The summed E-state index contributed by atoms with van der Waals surface area (Å²) in [5, 5.41) is 3.00. The lowest BCUT2D eigenvalue weighted by molar-refractivity contribution is 0.206. The normalized spacial score (nSPS) is 10.3. The zero-order valence-electron chi connectivity index (χ0n) is 14.4. The van der Waals surface area contributed by atoms with Crippen molar-refractivity contribution < 1.29 is 4.79 Å². The summed E-state index contributed by atoms with van der Waals surface area (Å²) in [5.74, 6) is 0. The molecule has 3 rings (SSSR count). The predicted molar refractivity (Wildman–Crippen MR) is 102 cm³/mol. The van der Waals surface area contributed by atoms with Gasteiger partial charge in [-0.3, -0.25) is 0 Å². The maximum Gasteiger partial charge on any atom is 0.322 e. The van der Waals surface area contributed by atoms with Crippen molar-refractivity contribution in [2.45, 2.75) is 20.0 Å². The van der Waals surface area contributed by atoms with E-state index in [1.54, 1.807) is 0 Å². The summed E-state index contributed by atoms with van der Waals surface area (Å²) < 4.78 is 0. The van der Waals surface area contributed by atoms with E-state index in [9.17, 15) is 4.79 Å². The average molecular weight is 330 g/mol. The van der Waals surface area contributed by atoms with Crippen LogP contribution < -0.4 is 5.32 Å². The fraction of sp³-hybridized carbons (Fsp3) is 0.136. The first kappa shape index (κ1) is 16.8. The Labute approximate surface area is 148 Å². The Morgan fingerprint density at radius 2 is 1.24 bits per heavy atom. The molecular weight excluding hydrogens is 308 g/mol. The molecule has 0 atom stereocenters. The highest BCUT2D eigenvalue weighted by atomic mass is 16.2. The molecule has 0 aliphatic rings. The third-order valence-electron chi connectivity index (χ3n) is 4.02. The molecule has 0 bridgehead atoms. The van der Waals surface area contributed by atoms with Crippen molar-refractivity contribution in [3.8, 4) is 0 Å². The van der Waals surface area contributed by atoms with Crippen LogP contribution in [0.25, 0.3) is 0 Å². The monoisotopic (exact) mass is 330 g/mol. The van der Waals surface area contributed by atoms with Gasteiger partial charge >= 0.3 is 6.03 Å². The van der Waals surface area contributed by atoms with Gasteiger partial charge in [0.15, 0.2) is 0 Å². The van der Waals surface area contributed by atoms with Crippen LogP contribution in [0.3, 0.4) is 0 Å². The maximum atomic E-state index is 12.8. The van der Waals surface area contributed by atoms with E-state index in [4.69, 9.17) is 0 Å². The fourth-order valence-electron chi connectivity index (χ4n) is 2.65. The van der Waals surface area contributed by atoms with Crippen LogP contribution in [0.2, 0.25) is 0 Å². The summed E-state index contributed by atoms with van der Waals surface area (Å²) in [6.45, 7) is 3.16. The second-order valence-electron chi connectivity index (χ2n) is 6.12. The minimum atomic E-state index is -0.100. The number of carbonyl (C=O) groups excluding carboxylic acids is 1. The van der Waals surface area contributed by atoms with Gasteiger partial charge in [-0.2, -0.15) is 0 Å². The number of rotatable bonds is 5. The Balaban J connectivity index is 1.76. The van der Waals surface area contributed by atoms with E-state index in [0.29, 0.717) is 13.1 Å². The molecule has 0 aliphatic heterocycles. The molecule has 0 saturated carbocycles. The summed E-state index contributed by atoms with van der Waals surface area (Å²) in [4.78, 5) is 14.6. The van der Waals surface area contributed by atoms with E-state index in [1.165, 1.54) is 5.56 Å². The Morgan fingerprint density at radius 1 is 0.760 bits per heavy atom. The number of anilines is 1. The quantitative estimate of drug-likeness (QED) is 0.682. The van der Waals surface area contributed by atoms with Crippen molar-refractivity contribution in [2.75, 3.05) is 5.32 Å². The molecule has 0 aromatic heterocycles. The van der Waals surface area contributed by atoms with Gasteiger partial charge < -0.3 is 10.2 Å². The molecule has 0 heterocycles. The lowest BCUT2D eigenvalue weighted by Crippen LogP contribution is -2.34. The highest BCUT2D eigenvalue weighted by Gasteiger charge is 2.15. The van der Waals surface area contributed by atoms with Crippen molar-refractivity contribution in [1.82, 2.24) is 4.90 Å². The summed E-state index contributed by atoms with van der Waals surface area (Å²) in [6, 6.07) is 27.8. The van der Waals surface area contributed by atoms with Crippen molar-refractivity contribution >= 4 is 11.7 Å². The summed E-state index contributed by atoms with van der Waals surface area (Å²) in [6.07, 6.45) is 0. The van der Waals surface area contributed by atoms with Crippen LogP contribution in [0.15, 0.2) is 84.9 Å². The summed E-state index contributed by atoms with van der Waals surface area (Å²) in [5.41, 5.74) is 4.19. The minimum Gasteiger partial charge on any atom is -0.316 e. The van der Waals surface area contributed by atoms with Gasteiger partial charge in [0.2, 0.25) is 0 Å². The van der Waals surface area contributed by atoms with E-state index in [2.05, 4.69) is 5.32 Å². The van der Waals surface area contributed by atoms with E-state index in [0.717, 1.165) is 16.8 Å². The van der Waals surface area contributed by atoms with Gasteiger partial charge in [0.05, 0.1) is 0 Å². The molecule has 0 unspecified atom stereocenters. The zero-order valence-corrected chi connectivity index (χ0v) is 14.4. The molecule has 3 aromatic carbocycles. The van der Waals surface area contributed by atoms with Gasteiger partial charge in [-0.15, -0.1) is 0 Å². The number of nitrogens with one attached hydrogen (secondary N) is 1. The first-order valence-corrected chi connectivity index (χ1v) is 8.41. The molecule has 0 spiro atoms. The standard InChI is InChI=1S/C22H22N2O/c1-18-12-14-21(15-13-18)23-22(25)24(16-19-8-4-2-5-9-19)17-20-10-6-3-7-11-20/h2-15H,16-17H2,1H3,(H,23,25). The molecule has 1 N–H and O–H groups in total. The van der Waals surface area contributed by atoms with Crippen LogP contribution in [0, 0.1) is 6.92 Å². The first-order chi connectivity index (χ1) is 12.2. The van der Waals surface area contributed by atoms with Gasteiger partial charge in [0, 0.05) is 18.8 Å². The Kier molecular flexibility index (Phi) is 5.47. The van der Waals surface area contributed by atoms with Gasteiger partial charge in [-0.25, -0.2) is 4.79 Å². The molecule has 3 heteroatoms. The number of benzene rings is 3. The van der Waals surface area contributed by atoms with Crippen LogP contribution in [-0.2, 0) is 13.1 Å². The SMILES string of the molecule is Cc1ccc(NC(=O)N(Cc2ccccc2)Cc2ccccc2)cc1. The van der Waals surface area contributed by atoms with Gasteiger partial charge in [-0.05, 0) is 30.2 Å². The molecular formula is C22H22N2O. The molecule has 0 fully saturated rings. The summed E-state index contributed by atoms with van der Waals surface area (Å²) in [7, 11) is 0. The molecule has 25 heavy (non-hydrogen) atoms. The van der Waals surface area contributed by atoms with Gasteiger partial charge in [0.25, 0.3) is 0 Å². The highest BCUT2D eigenvalue weighted by molar-refractivity contribution is 5.89. The van der Waals surface area contributed by atoms with Crippen LogP contribution in [0.1, 0.15) is 16.7 Å². The number of nitrogens with zero attached hydrogens (tertiary/aromatic N) is 1. The zero-order chi connectivity index (χ0) is 17.5. The minimum absolute atomic E-state index is 0.100. The number of amides is 2. The first-order valence-electron chi connectivity index (χ1n) is 8.41. The molecule has 3 nitrogen and oxygen atoms in total. The number of urea groups is 1.